The highest BCUT2D eigenvalue weighted by molar-refractivity contribution is 5.89. The van der Waals surface area contributed by atoms with Crippen molar-refractivity contribution in [3.05, 3.63) is 155 Å². The highest BCUT2D eigenvalue weighted by atomic mass is 16.5. The summed E-state index contributed by atoms with van der Waals surface area (Å²) in [6, 6.07) is 32.2. The fourth-order valence-corrected chi connectivity index (χ4v) is 9.06. The van der Waals surface area contributed by atoms with Crippen LogP contribution in [0.25, 0.3) is 22.5 Å². The molecule has 9 rings (SSSR count). The topological polar surface area (TPSA) is 169 Å². The molecule has 0 unspecified atom stereocenters. The number of amides is 5. The van der Waals surface area contributed by atoms with Gasteiger partial charge in [-0.3, -0.25) is 9.59 Å². The maximum Gasteiger partial charge on any atom is 0.407 e. The molecule has 0 spiro atoms. The van der Waals surface area contributed by atoms with Gasteiger partial charge in [0.2, 0.25) is 5.91 Å². The van der Waals surface area contributed by atoms with Gasteiger partial charge in [-0.1, -0.05) is 96.8 Å². The molecule has 0 bridgehead atoms. The number of benzene rings is 4. The lowest BCUT2D eigenvalue weighted by molar-refractivity contribution is -0.135. The Balaban J connectivity index is 0.830. The minimum absolute atomic E-state index is 0.135. The smallest absolute Gasteiger partial charge is 0.407 e. The molecule has 4 atom stereocenters. The summed E-state index contributed by atoms with van der Waals surface area (Å²) in [5.74, 6) is 7.60. The van der Waals surface area contributed by atoms with Crippen LogP contribution in [0.1, 0.15) is 96.6 Å². The van der Waals surface area contributed by atoms with Crippen molar-refractivity contribution in [2.45, 2.75) is 62.7 Å². The Labute approximate surface area is 377 Å². The lowest BCUT2D eigenvalue weighted by Crippen LogP contribution is -2.46. The van der Waals surface area contributed by atoms with Crippen molar-refractivity contribution in [1.82, 2.24) is 45.3 Å². The lowest BCUT2D eigenvalue weighted by Gasteiger charge is -2.30. The molecule has 4 aromatic carbocycles. The van der Waals surface area contributed by atoms with Gasteiger partial charge in [0.05, 0.1) is 43.0 Å². The van der Waals surface area contributed by atoms with Gasteiger partial charge in [-0.25, -0.2) is 19.6 Å². The van der Waals surface area contributed by atoms with E-state index in [0.29, 0.717) is 37.6 Å². The van der Waals surface area contributed by atoms with Gasteiger partial charge in [0.25, 0.3) is 5.91 Å². The minimum atomic E-state index is -0.884. The van der Waals surface area contributed by atoms with Gasteiger partial charge in [0.1, 0.15) is 23.7 Å². The third-order valence-electron chi connectivity index (χ3n) is 12.5. The van der Waals surface area contributed by atoms with Gasteiger partial charge in [-0.05, 0) is 85.0 Å². The van der Waals surface area contributed by atoms with Gasteiger partial charge < -0.3 is 40.0 Å². The fraction of sp³-hybridized carbons (Fsp3) is 0.294. The molecule has 330 valence electrons. The molecule has 65 heavy (non-hydrogen) atoms. The van der Waals surface area contributed by atoms with E-state index in [9.17, 15) is 19.2 Å². The fourth-order valence-electron chi connectivity index (χ4n) is 9.06. The van der Waals surface area contributed by atoms with Gasteiger partial charge in [0.15, 0.2) is 0 Å². The largest absolute Gasteiger partial charge is 0.453 e. The number of aromatic amines is 2. The second kappa shape index (κ2) is 19.4. The van der Waals surface area contributed by atoms with Crippen molar-refractivity contribution >= 4 is 23.9 Å². The summed E-state index contributed by atoms with van der Waals surface area (Å²) in [7, 11) is 1.28. The Morgan fingerprint density at radius 1 is 0.600 bits per heavy atom. The molecule has 5 amide bonds. The first-order valence-corrected chi connectivity index (χ1v) is 22.3. The van der Waals surface area contributed by atoms with Crippen molar-refractivity contribution in [3.8, 4) is 34.4 Å². The number of imidazole rings is 2. The Hall–Kier alpha value is -7.66. The van der Waals surface area contributed by atoms with Gasteiger partial charge in [-0.15, -0.1) is 0 Å². The predicted molar refractivity (Wildman–Crippen MR) is 245 cm³/mol. The van der Waals surface area contributed by atoms with E-state index in [1.165, 1.54) is 7.11 Å². The zero-order chi connectivity index (χ0) is 44.7. The number of alkyl carbamates (subject to hydrolysis) is 1. The third-order valence-corrected chi connectivity index (χ3v) is 12.5. The number of rotatable bonds is 10. The molecule has 3 fully saturated rings. The molecule has 3 aliphatic heterocycles. The summed E-state index contributed by atoms with van der Waals surface area (Å²) >= 11 is 0. The normalized spacial score (nSPS) is 17.8. The van der Waals surface area contributed by atoms with Gasteiger partial charge in [0, 0.05) is 37.3 Å². The molecular weight excluding hydrogens is 819 g/mol. The zero-order valence-corrected chi connectivity index (χ0v) is 36.2. The first-order valence-electron chi connectivity index (χ1n) is 22.3. The summed E-state index contributed by atoms with van der Waals surface area (Å²) < 4.78 is 4.83. The molecule has 14 nitrogen and oxygen atoms in total. The van der Waals surface area contributed by atoms with Crippen LogP contribution < -0.4 is 10.6 Å². The molecular formula is C51H51N9O5. The number of H-pyrrole nitrogens is 2. The van der Waals surface area contributed by atoms with Crippen LogP contribution in [0, 0.1) is 11.8 Å². The molecule has 4 N–H and O–H groups in total. The van der Waals surface area contributed by atoms with Crippen LogP contribution >= 0.6 is 0 Å². The average Bonchev–Trinajstić information content (AvgIpc) is 4.22. The molecule has 3 aliphatic rings. The van der Waals surface area contributed by atoms with E-state index in [0.717, 1.165) is 83.6 Å². The number of ether oxygens (including phenoxy) is 1. The van der Waals surface area contributed by atoms with Crippen LogP contribution in [0.4, 0.5) is 9.59 Å². The molecule has 14 heteroatoms. The van der Waals surface area contributed by atoms with Gasteiger partial charge in [-0.2, -0.15) is 0 Å². The Morgan fingerprint density at radius 3 is 1.49 bits per heavy atom. The third kappa shape index (κ3) is 9.50. The number of hydrogen-bond donors (Lipinski definition) is 4. The van der Waals surface area contributed by atoms with E-state index in [4.69, 9.17) is 9.72 Å². The number of carbonyl (C=O) groups is 4. The van der Waals surface area contributed by atoms with Crippen LogP contribution in [-0.4, -0.2) is 91.9 Å². The SMILES string of the molecule is COC(=O)N[C@@H](C(=O)N1CCC[C@H]1c1ncc(-c2ccc(C#Cc3ccc(-c4cnc([C@@H]5CCCN5C(=O)[C@H](NC(=O)N5CCCC5)c5ccccc5)[nH]4)cc3)cc2)[nH]1)c1ccccc1. The standard InChI is InChI=1S/C51H51N9O5/c1-65-51(64)57-45(39-14-6-3-7-15-39)49(62)60-31-11-17-43(60)47-53-33-41(55-47)37-26-22-35(23-27-37)19-18-34-20-24-36(25-21-34)40-32-52-46(54-40)42-16-10-30-59(42)48(61)44(38-12-4-2-5-13-38)56-50(63)58-28-8-9-29-58/h2-7,12-15,20-27,32-33,42-45H,8-11,16-17,28-31H2,1H3,(H,52,54)(H,53,55)(H,56,63)(H,57,64)/t42-,43-,44+,45+/m0/s1. The number of carbonyl (C=O) groups excluding carboxylic acids is 4. The quantitative estimate of drug-likeness (QED) is 0.102. The number of urea groups is 1. The number of hydrogen-bond acceptors (Lipinski definition) is 7. The molecule has 3 saturated heterocycles. The number of likely N-dealkylation sites (tertiary alicyclic amines) is 3. The molecule has 0 saturated carbocycles. The zero-order valence-electron chi connectivity index (χ0n) is 36.2. The van der Waals surface area contributed by atoms with E-state index in [1.807, 2.05) is 114 Å². The van der Waals surface area contributed by atoms with E-state index in [-0.39, 0.29) is 29.9 Å². The monoisotopic (exact) mass is 869 g/mol. The molecule has 2 aromatic heterocycles. The number of methoxy groups -OCH3 is 1. The van der Waals surface area contributed by atoms with Gasteiger partial charge >= 0.3 is 12.1 Å². The maximum absolute atomic E-state index is 14.2. The highest BCUT2D eigenvalue weighted by Crippen LogP contribution is 2.36. The van der Waals surface area contributed by atoms with Crippen LogP contribution in [0.3, 0.4) is 0 Å². The van der Waals surface area contributed by atoms with Crippen molar-refractivity contribution in [2.75, 3.05) is 33.3 Å². The predicted octanol–water partition coefficient (Wildman–Crippen LogP) is 7.84. The van der Waals surface area contributed by atoms with Crippen LogP contribution in [0.15, 0.2) is 122 Å². The molecule has 5 heterocycles. The Bertz CT molecular complexity index is 2680. The highest BCUT2D eigenvalue weighted by Gasteiger charge is 2.39. The summed E-state index contributed by atoms with van der Waals surface area (Å²) in [6.07, 6.45) is 8.03. The summed E-state index contributed by atoms with van der Waals surface area (Å²) in [5, 5.41) is 5.75. The number of nitrogens with one attached hydrogen (secondary N) is 4. The van der Waals surface area contributed by atoms with Crippen molar-refractivity contribution < 1.29 is 23.9 Å². The minimum Gasteiger partial charge on any atom is -0.453 e. The van der Waals surface area contributed by atoms with E-state index in [1.54, 1.807) is 22.2 Å². The second-order valence-corrected chi connectivity index (χ2v) is 16.6. The molecule has 0 aliphatic carbocycles. The lowest BCUT2D eigenvalue weighted by atomic mass is 10.0. The van der Waals surface area contributed by atoms with Crippen LogP contribution in [0.5, 0.6) is 0 Å². The van der Waals surface area contributed by atoms with Crippen molar-refractivity contribution in [1.29, 1.82) is 0 Å². The van der Waals surface area contributed by atoms with Crippen molar-refractivity contribution in [2.24, 2.45) is 0 Å². The van der Waals surface area contributed by atoms with Crippen LogP contribution in [0.2, 0.25) is 0 Å². The average molecular weight is 870 g/mol. The summed E-state index contributed by atoms with van der Waals surface area (Å²) in [4.78, 5) is 75.3. The molecule has 6 aromatic rings. The van der Waals surface area contributed by atoms with E-state index in [2.05, 4.69) is 37.4 Å². The second-order valence-electron chi connectivity index (χ2n) is 16.6. The Morgan fingerprint density at radius 2 is 1.05 bits per heavy atom. The summed E-state index contributed by atoms with van der Waals surface area (Å²) in [6.45, 7) is 2.53. The maximum atomic E-state index is 14.2. The first-order chi connectivity index (χ1) is 31.8. The van der Waals surface area contributed by atoms with E-state index < -0.39 is 18.2 Å². The van der Waals surface area contributed by atoms with E-state index >= 15 is 0 Å². The number of aromatic nitrogens is 4. The Kier molecular flexibility index (Phi) is 12.7. The van der Waals surface area contributed by atoms with Crippen molar-refractivity contribution in [3.63, 3.8) is 0 Å². The van der Waals surface area contributed by atoms with Crippen LogP contribution in [-0.2, 0) is 14.3 Å². The molecule has 0 radical (unpaired) electrons. The first kappa shape index (κ1) is 42.6. The number of nitrogens with zero attached hydrogens (tertiary/aromatic N) is 5. The summed E-state index contributed by atoms with van der Waals surface area (Å²) in [5.41, 5.74) is 6.71.